The Morgan fingerprint density at radius 1 is 1.24 bits per heavy atom. The van der Waals surface area contributed by atoms with Crippen molar-refractivity contribution in [3.63, 3.8) is 0 Å². The zero-order chi connectivity index (χ0) is 11.6. The molecular formula is C13H16ClFN2. The maximum Gasteiger partial charge on any atom is 0.123 e. The Labute approximate surface area is 107 Å². The van der Waals surface area contributed by atoms with E-state index in [-0.39, 0.29) is 18.2 Å². The fourth-order valence-corrected chi connectivity index (χ4v) is 2.23. The van der Waals surface area contributed by atoms with E-state index < -0.39 is 5.41 Å². The van der Waals surface area contributed by atoms with Gasteiger partial charge in [-0.25, -0.2) is 4.39 Å². The molecule has 92 valence electrons. The predicted octanol–water partition coefficient (Wildman–Crippen LogP) is 2.73. The van der Waals surface area contributed by atoms with Crippen LogP contribution in [0.4, 0.5) is 4.39 Å². The summed E-state index contributed by atoms with van der Waals surface area (Å²) in [5, 5.41) is 9.39. The van der Waals surface area contributed by atoms with Gasteiger partial charge in [-0.3, -0.25) is 0 Å². The standard InChI is InChI=1S/C13H15FN2.ClH/c1-16-8-6-13(10-15,7-9-16)11-2-4-12(14)5-3-11;/h2-5H,6-9H2,1H3;1H. The first-order valence-electron chi connectivity index (χ1n) is 5.52. The third-order valence-corrected chi connectivity index (χ3v) is 3.45. The fraction of sp³-hybridized carbons (Fsp3) is 0.462. The molecule has 1 fully saturated rings. The highest BCUT2D eigenvalue weighted by molar-refractivity contribution is 5.85. The summed E-state index contributed by atoms with van der Waals surface area (Å²) in [6.45, 7) is 1.84. The first-order valence-corrected chi connectivity index (χ1v) is 5.52. The number of nitrogens with zero attached hydrogens (tertiary/aromatic N) is 2. The van der Waals surface area contributed by atoms with Crippen molar-refractivity contribution in [2.75, 3.05) is 20.1 Å². The molecule has 0 N–H and O–H groups in total. The molecule has 17 heavy (non-hydrogen) atoms. The van der Waals surface area contributed by atoms with Crippen molar-refractivity contribution in [2.24, 2.45) is 0 Å². The normalized spacial score (nSPS) is 19.1. The lowest BCUT2D eigenvalue weighted by atomic mass is 9.74. The van der Waals surface area contributed by atoms with Crippen molar-refractivity contribution in [1.82, 2.24) is 4.90 Å². The average molecular weight is 255 g/mol. The summed E-state index contributed by atoms with van der Waals surface area (Å²) in [7, 11) is 2.06. The molecule has 1 heterocycles. The summed E-state index contributed by atoms with van der Waals surface area (Å²) in [5.41, 5.74) is 0.532. The Bertz CT molecular complexity index is 402. The van der Waals surface area contributed by atoms with E-state index in [0.29, 0.717) is 0 Å². The van der Waals surface area contributed by atoms with Crippen LogP contribution >= 0.6 is 12.4 Å². The van der Waals surface area contributed by atoms with Crippen molar-refractivity contribution in [1.29, 1.82) is 5.26 Å². The van der Waals surface area contributed by atoms with Crippen LogP contribution in [0.25, 0.3) is 0 Å². The highest BCUT2D eigenvalue weighted by Crippen LogP contribution is 2.34. The second-order valence-corrected chi connectivity index (χ2v) is 4.50. The monoisotopic (exact) mass is 254 g/mol. The Balaban J connectivity index is 0.00000144. The number of hydrogen-bond donors (Lipinski definition) is 0. The van der Waals surface area contributed by atoms with Gasteiger partial charge in [-0.05, 0) is 50.7 Å². The number of hydrogen-bond acceptors (Lipinski definition) is 2. The molecule has 2 rings (SSSR count). The maximum atomic E-state index is 12.9. The van der Waals surface area contributed by atoms with Crippen LogP contribution in [0.5, 0.6) is 0 Å². The molecule has 0 atom stereocenters. The van der Waals surface area contributed by atoms with Gasteiger partial charge in [-0.1, -0.05) is 12.1 Å². The van der Waals surface area contributed by atoms with Gasteiger partial charge in [0.05, 0.1) is 11.5 Å². The molecule has 0 spiro atoms. The Kier molecular flexibility index (Phi) is 4.50. The third-order valence-electron chi connectivity index (χ3n) is 3.45. The number of rotatable bonds is 1. The molecule has 0 saturated carbocycles. The van der Waals surface area contributed by atoms with Gasteiger partial charge in [-0.15, -0.1) is 12.4 Å². The van der Waals surface area contributed by atoms with Crippen LogP contribution in [0.1, 0.15) is 18.4 Å². The van der Waals surface area contributed by atoms with E-state index in [4.69, 9.17) is 0 Å². The quantitative estimate of drug-likeness (QED) is 0.771. The van der Waals surface area contributed by atoms with Crippen molar-refractivity contribution < 1.29 is 4.39 Å². The van der Waals surface area contributed by atoms with Crippen molar-refractivity contribution >= 4 is 12.4 Å². The maximum absolute atomic E-state index is 12.9. The molecule has 1 aliphatic heterocycles. The van der Waals surface area contributed by atoms with Gasteiger partial charge in [-0.2, -0.15) is 5.26 Å². The highest BCUT2D eigenvalue weighted by atomic mass is 35.5. The fourth-order valence-electron chi connectivity index (χ4n) is 2.23. The van der Waals surface area contributed by atoms with Crippen LogP contribution in [-0.4, -0.2) is 25.0 Å². The summed E-state index contributed by atoms with van der Waals surface area (Å²) in [6.07, 6.45) is 1.65. The molecule has 0 unspecified atom stereocenters. The minimum absolute atomic E-state index is 0. The van der Waals surface area contributed by atoms with E-state index >= 15 is 0 Å². The Morgan fingerprint density at radius 3 is 2.24 bits per heavy atom. The Morgan fingerprint density at radius 2 is 1.76 bits per heavy atom. The molecular weight excluding hydrogens is 239 g/mol. The summed E-state index contributed by atoms with van der Waals surface area (Å²) in [4.78, 5) is 2.22. The molecule has 0 radical (unpaired) electrons. The molecule has 4 heteroatoms. The molecule has 1 aromatic rings. The van der Waals surface area contributed by atoms with E-state index in [0.717, 1.165) is 31.5 Å². The van der Waals surface area contributed by atoms with Crippen LogP contribution in [-0.2, 0) is 5.41 Å². The second-order valence-electron chi connectivity index (χ2n) is 4.50. The molecule has 0 bridgehead atoms. The largest absolute Gasteiger partial charge is 0.306 e. The van der Waals surface area contributed by atoms with Gasteiger partial charge in [0.25, 0.3) is 0 Å². The topological polar surface area (TPSA) is 27.0 Å². The van der Waals surface area contributed by atoms with E-state index in [9.17, 15) is 9.65 Å². The highest BCUT2D eigenvalue weighted by Gasteiger charge is 2.35. The van der Waals surface area contributed by atoms with Crippen molar-refractivity contribution in [3.05, 3.63) is 35.6 Å². The lowest BCUT2D eigenvalue weighted by Crippen LogP contribution is -2.39. The molecule has 0 aliphatic carbocycles. The number of halogens is 2. The number of piperidine rings is 1. The van der Waals surface area contributed by atoms with Crippen LogP contribution in [0.15, 0.2) is 24.3 Å². The summed E-state index contributed by atoms with van der Waals surface area (Å²) < 4.78 is 12.9. The third kappa shape index (κ3) is 2.77. The van der Waals surface area contributed by atoms with Gasteiger partial charge < -0.3 is 4.90 Å². The number of likely N-dealkylation sites (tertiary alicyclic amines) is 1. The summed E-state index contributed by atoms with van der Waals surface area (Å²) in [5.74, 6) is -0.246. The molecule has 2 nitrogen and oxygen atoms in total. The lowest BCUT2D eigenvalue weighted by Gasteiger charge is -2.35. The zero-order valence-electron chi connectivity index (χ0n) is 9.82. The van der Waals surface area contributed by atoms with Gasteiger partial charge in [0.1, 0.15) is 5.82 Å². The van der Waals surface area contributed by atoms with Crippen LogP contribution < -0.4 is 0 Å². The molecule has 1 saturated heterocycles. The van der Waals surface area contributed by atoms with Gasteiger partial charge in [0.2, 0.25) is 0 Å². The van der Waals surface area contributed by atoms with E-state index in [2.05, 4.69) is 18.0 Å². The minimum Gasteiger partial charge on any atom is -0.306 e. The lowest BCUT2D eigenvalue weighted by molar-refractivity contribution is 0.222. The van der Waals surface area contributed by atoms with Crippen LogP contribution in [0, 0.1) is 17.1 Å². The van der Waals surface area contributed by atoms with E-state index in [1.807, 2.05) is 0 Å². The minimum atomic E-state index is -0.416. The smallest absolute Gasteiger partial charge is 0.123 e. The SMILES string of the molecule is CN1CCC(C#N)(c2ccc(F)cc2)CC1.Cl. The first kappa shape index (κ1) is 14.0. The number of benzene rings is 1. The average Bonchev–Trinajstić information content (AvgIpc) is 2.32. The van der Waals surface area contributed by atoms with Gasteiger partial charge in [0.15, 0.2) is 0 Å². The molecule has 1 aliphatic rings. The van der Waals surface area contributed by atoms with Crippen LogP contribution in [0.3, 0.4) is 0 Å². The predicted molar refractivity (Wildman–Crippen MR) is 67.7 cm³/mol. The van der Waals surface area contributed by atoms with Gasteiger partial charge in [0, 0.05) is 0 Å². The number of nitriles is 1. The van der Waals surface area contributed by atoms with Crippen molar-refractivity contribution in [2.45, 2.75) is 18.3 Å². The molecule has 1 aromatic carbocycles. The molecule has 0 aromatic heterocycles. The van der Waals surface area contributed by atoms with Gasteiger partial charge >= 0.3 is 0 Å². The summed E-state index contributed by atoms with van der Waals surface area (Å²) >= 11 is 0. The van der Waals surface area contributed by atoms with E-state index in [1.165, 1.54) is 12.1 Å². The van der Waals surface area contributed by atoms with Crippen molar-refractivity contribution in [3.8, 4) is 6.07 Å². The first-order chi connectivity index (χ1) is 7.66. The van der Waals surface area contributed by atoms with E-state index in [1.54, 1.807) is 12.1 Å². The second kappa shape index (κ2) is 5.48. The Hall–Kier alpha value is -1.11. The van der Waals surface area contributed by atoms with Crippen LogP contribution in [0.2, 0.25) is 0 Å². The summed E-state index contributed by atoms with van der Waals surface area (Å²) in [6, 6.07) is 8.78. The zero-order valence-corrected chi connectivity index (χ0v) is 10.6. The molecule has 0 amide bonds.